The van der Waals surface area contributed by atoms with Crippen LogP contribution in [0.4, 0.5) is 11.4 Å². The van der Waals surface area contributed by atoms with E-state index in [2.05, 4.69) is 9.71 Å². The lowest BCUT2D eigenvalue weighted by Crippen LogP contribution is -2.18. The van der Waals surface area contributed by atoms with Crippen LogP contribution in [0.1, 0.15) is 20.7 Å². The number of nitrogens with one attached hydrogen (secondary N) is 2. The highest BCUT2D eigenvalue weighted by molar-refractivity contribution is 7.92. The highest BCUT2D eigenvalue weighted by atomic mass is 32.2. The first-order chi connectivity index (χ1) is 16.3. The van der Waals surface area contributed by atoms with Gasteiger partial charge in [0.2, 0.25) is 5.78 Å². The topological polar surface area (TPSA) is 148 Å². The van der Waals surface area contributed by atoms with Crippen LogP contribution >= 0.6 is 0 Å². The van der Waals surface area contributed by atoms with Gasteiger partial charge in [0, 0.05) is 34.8 Å². The number of hydrogen-bond acceptors (Lipinski definition) is 7. The number of fused-ring (bicyclic) bond motifs is 1. The lowest BCUT2D eigenvalue weighted by molar-refractivity contribution is -0.385. The first kappa shape index (κ1) is 22.7. The van der Waals surface area contributed by atoms with E-state index in [1.54, 1.807) is 12.1 Å². The van der Waals surface area contributed by atoms with Gasteiger partial charge in [0.05, 0.1) is 21.1 Å². The molecular weight excluding hydrogens is 462 g/mol. The summed E-state index contributed by atoms with van der Waals surface area (Å²) in [6, 6.07) is 17.3. The van der Waals surface area contributed by atoms with Gasteiger partial charge in [-0.1, -0.05) is 36.4 Å². The normalized spacial score (nSPS) is 11.2. The molecule has 3 aromatic carbocycles. The SMILES string of the molecule is O=C(OCC(=O)c1c[nH]c2ccccc12)c1ccccc1NS(=O)(=O)c1cccc([N+](=O)[O-])c1. The smallest absolute Gasteiger partial charge is 0.340 e. The largest absolute Gasteiger partial charge is 0.454 e. The van der Waals surface area contributed by atoms with Crippen molar-refractivity contribution in [1.29, 1.82) is 0 Å². The van der Waals surface area contributed by atoms with Gasteiger partial charge in [-0.25, -0.2) is 13.2 Å². The molecule has 0 unspecified atom stereocenters. The maximum atomic E-state index is 12.8. The number of anilines is 1. The number of rotatable bonds is 8. The molecule has 0 aliphatic heterocycles. The van der Waals surface area contributed by atoms with Crippen LogP contribution in [-0.4, -0.2) is 36.7 Å². The molecule has 0 spiro atoms. The second-order valence-electron chi connectivity index (χ2n) is 7.15. The van der Waals surface area contributed by atoms with Gasteiger partial charge in [0.1, 0.15) is 0 Å². The number of aromatic nitrogens is 1. The maximum Gasteiger partial charge on any atom is 0.340 e. The number of sulfonamides is 1. The second kappa shape index (κ2) is 9.16. The molecular formula is C23H17N3O7S. The Morgan fingerprint density at radius 1 is 0.971 bits per heavy atom. The van der Waals surface area contributed by atoms with Crippen LogP contribution < -0.4 is 4.72 Å². The Kier molecular flexibility index (Phi) is 6.11. The standard InChI is InChI=1S/C23H17N3O7S/c27-22(19-13-24-20-10-3-1-8-17(19)20)14-33-23(28)18-9-2-4-11-21(18)25-34(31,32)16-7-5-6-15(12-16)26(29)30/h1-13,24-25H,14H2. The van der Waals surface area contributed by atoms with Gasteiger partial charge in [0.25, 0.3) is 15.7 Å². The fourth-order valence-corrected chi connectivity index (χ4v) is 4.43. The number of nitro groups is 1. The van der Waals surface area contributed by atoms with E-state index in [-0.39, 0.29) is 16.1 Å². The first-order valence-electron chi connectivity index (χ1n) is 9.89. The lowest BCUT2D eigenvalue weighted by Gasteiger charge is -2.12. The van der Waals surface area contributed by atoms with Crippen LogP contribution in [0.3, 0.4) is 0 Å². The van der Waals surface area contributed by atoms with Gasteiger partial charge >= 0.3 is 5.97 Å². The Hall–Kier alpha value is -4.51. The predicted molar refractivity (Wildman–Crippen MR) is 123 cm³/mol. The van der Waals surface area contributed by atoms with Crippen LogP contribution in [0.15, 0.2) is 83.9 Å². The first-order valence-corrected chi connectivity index (χ1v) is 11.4. The lowest BCUT2D eigenvalue weighted by atomic mass is 10.1. The molecule has 0 radical (unpaired) electrons. The van der Waals surface area contributed by atoms with E-state index in [0.717, 1.165) is 17.6 Å². The number of aromatic amines is 1. The zero-order valence-corrected chi connectivity index (χ0v) is 18.2. The number of ketones is 1. The third-order valence-electron chi connectivity index (χ3n) is 4.95. The Bertz CT molecular complexity index is 1530. The molecule has 0 atom stereocenters. The Labute approximate surface area is 193 Å². The number of benzene rings is 3. The van der Waals surface area contributed by atoms with Crippen molar-refractivity contribution in [1.82, 2.24) is 4.98 Å². The van der Waals surface area contributed by atoms with Crippen molar-refractivity contribution in [3.05, 3.63) is 100 Å². The fourth-order valence-electron chi connectivity index (χ4n) is 3.31. The molecule has 34 heavy (non-hydrogen) atoms. The average molecular weight is 479 g/mol. The maximum absolute atomic E-state index is 12.8. The Morgan fingerprint density at radius 3 is 2.50 bits per heavy atom. The third-order valence-corrected chi connectivity index (χ3v) is 6.32. The van der Waals surface area contributed by atoms with Gasteiger partial charge in [-0.05, 0) is 24.3 Å². The van der Waals surface area contributed by atoms with Crippen molar-refractivity contribution >= 4 is 44.1 Å². The molecule has 1 aromatic heterocycles. The van der Waals surface area contributed by atoms with Gasteiger partial charge in [-0.3, -0.25) is 19.6 Å². The van der Waals surface area contributed by atoms with Gasteiger partial charge in [-0.15, -0.1) is 0 Å². The summed E-state index contributed by atoms with van der Waals surface area (Å²) in [6.45, 7) is -0.549. The van der Waals surface area contributed by atoms with Crippen molar-refractivity contribution in [3.63, 3.8) is 0 Å². The molecule has 0 bridgehead atoms. The summed E-state index contributed by atoms with van der Waals surface area (Å²) in [7, 11) is -4.25. The number of non-ortho nitro benzene ring substituents is 1. The van der Waals surface area contributed by atoms with Gasteiger partial charge < -0.3 is 9.72 Å². The van der Waals surface area contributed by atoms with Crippen LogP contribution in [0.25, 0.3) is 10.9 Å². The van der Waals surface area contributed by atoms with E-state index >= 15 is 0 Å². The number of carbonyl (C=O) groups is 2. The molecule has 0 aliphatic carbocycles. The van der Waals surface area contributed by atoms with Crippen molar-refractivity contribution in [2.24, 2.45) is 0 Å². The van der Waals surface area contributed by atoms with Crippen LogP contribution in [0.5, 0.6) is 0 Å². The molecule has 0 amide bonds. The summed E-state index contributed by atoms with van der Waals surface area (Å²) in [5, 5.41) is 11.7. The zero-order chi connectivity index (χ0) is 24.3. The number of ether oxygens (including phenoxy) is 1. The number of esters is 1. The fraction of sp³-hybridized carbons (Fsp3) is 0.0435. The van der Waals surface area contributed by atoms with E-state index in [1.807, 2.05) is 12.1 Å². The summed E-state index contributed by atoms with van der Waals surface area (Å²) in [5.74, 6) is -1.34. The van der Waals surface area contributed by atoms with Crippen LogP contribution in [0, 0.1) is 10.1 Å². The summed E-state index contributed by atoms with van der Waals surface area (Å²) >= 11 is 0. The molecule has 0 aliphatic rings. The van der Waals surface area contributed by atoms with Gasteiger partial charge in [0.15, 0.2) is 6.61 Å². The molecule has 11 heteroatoms. The molecule has 0 saturated heterocycles. The molecule has 4 aromatic rings. The molecule has 0 fully saturated rings. The number of Topliss-reactive ketones (excluding diaryl/α,β-unsaturated/α-hetero) is 1. The highest BCUT2D eigenvalue weighted by Gasteiger charge is 2.22. The molecule has 4 rings (SSSR count). The number of hydrogen-bond donors (Lipinski definition) is 2. The number of nitro benzene ring substituents is 1. The van der Waals surface area contributed by atoms with Crippen LogP contribution in [-0.2, 0) is 14.8 Å². The van der Waals surface area contributed by atoms with Crippen molar-refractivity contribution in [2.75, 3.05) is 11.3 Å². The van der Waals surface area contributed by atoms with E-state index < -0.39 is 39.0 Å². The number of para-hydroxylation sites is 2. The summed E-state index contributed by atoms with van der Waals surface area (Å²) < 4.78 is 32.9. The van der Waals surface area contributed by atoms with Gasteiger partial charge in [-0.2, -0.15) is 0 Å². The third kappa shape index (κ3) is 4.64. The molecule has 10 nitrogen and oxygen atoms in total. The molecule has 0 saturated carbocycles. The average Bonchev–Trinajstić information content (AvgIpc) is 3.27. The monoisotopic (exact) mass is 479 g/mol. The van der Waals surface area contributed by atoms with E-state index in [1.165, 1.54) is 42.6 Å². The Balaban J connectivity index is 1.51. The minimum Gasteiger partial charge on any atom is -0.454 e. The summed E-state index contributed by atoms with van der Waals surface area (Å²) in [4.78, 5) is 38.1. The van der Waals surface area contributed by atoms with Crippen molar-refractivity contribution in [3.8, 4) is 0 Å². The van der Waals surface area contributed by atoms with Crippen LogP contribution in [0.2, 0.25) is 0 Å². The summed E-state index contributed by atoms with van der Waals surface area (Å²) in [6.07, 6.45) is 1.53. The zero-order valence-electron chi connectivity index (χ0n) is 17.4. The highest BCUT2D eigenvalue weighted by Crippen LogP contribution is 2.24. The van der Waals surface area contributed by atoms with E-state index in [0.29, 0.717) is 10.9 Å². The predicted octanol–water partition coefficient (Wildman–Crippen LogP) is 3.92. The molecule has 1 heterocycles. The minimum absolute atomic E-state index is 0.0986. The quantitative estimate of drug-likeness (QED) is 0.168. The van der Waals surface area contributed by atoms with Crippen molar-refractivity contribution in [2.45, 2.75) is 4.90 Å². The van der Waals surface area contributed by atoms with E-state index in [4.69, 9.17) is 4.74 Å². The Morgan fingerprint density at radius 2 is 1.71 bits per heavy atom. The number of nitrogens with zero attached hydrogens (tertiary/aromatic N) is 1. The molecule has 172 valence electrons. The minimum atomic E-state index is -4.25. The number of carbonyl (C=O) groups excluding carboxylic acids is 2. The summed E-state index contributed by atoms with van der Waals surface area (Å²) in [5.41, 5.74) is 0.509. The number of H-pyrrole nitrogens is 1. The second-order valence-corrected chi connectivity index (χ2v) is 8.84. The van der Waals surface area contributed by atoms with Crippen molar-refractivity contribution < 1.29 is 27.7 Å². The molecule has 2 N–H and O–H groups in total. The van der Waals surface area contributed by atoms with E-state index in [9.17, 15) is 28.1 Å².